The molecule has 0 heterocycles. The molecule has 19 heavy (non-hydrogen) atoms. The van der Waals surface area contributed by atoms with E-state index in [2.05, 4.69) is 22.2 Å². The minimum absolute atomic E-state index is 0.278. The van der Waals surface area contributed by atoms with Crippen LogP contribution in [0.5, 0.6) is 5.75 Å². The highest BCUT2D eigenvalue weighted by Gasteiger charge is 2.04. The zero-order chi connectivity index (χ0) is 14.1. The van der Waals surface area contributed by atoms with Gasteiger partial charge in [-0.05, 0) is 24.6 Å². The largest absolute Gasteiger partial charge is 0.491 e. The number of guanidine groups is 1. The minimum atomic E-state index is -0.352. The number of hydrogen-bond acceptors (Lipinski definition) is 2. The van der Waals surface area contributed by atoms with Gasteiger partial charge < -0.3 is 15.4 Å². The van der Waals surface area contributed by atoms with Crippen LogP contribution in [0.25, 0.3) is 0 Å². The van der Waals surface area contributed by atoms with Crippen molar-refractivity contribution in [3.05, 3.63) is 42.2 Å². The molecule has 0 aliphatic heterocycles. The lowest BCUT2D eigenvalue weighted by Crippen LogP contribution is -2.36. The Bertz CT molecular complexity index is 446. The Kier molecular flexibility index (Phi) is 6.43. The van der Waals surface area contributed by atoms with Gasteiger partial charge in [0.25, 0.3) is 0 Å². The number of aliphatic imine (C=N–C) groups is 1. The van der Waals surface area contributed by atoms with Crippen molar-refractivity contribution in [2.45, 2.75) is 13.5 Å². The van der Waals surface area contributed by atoms with E-state index in [1.54, 1.807) is 19.2 Å². The Morgan fingerprint density at radius 1 is 1.47 bits per heavy atom. The summed E-state index contributed by atoms with van der Waals surface area (Å²) >= 11 is 0. The van der Waals surface area contributed by atoms with E-state index in [0.717, 1.165) is 5.56 Å². The number of nitrogens with one attached hydrogen (secondary N) is 2. The predicted octanol–water partition coefficient (Wildman–Crippen LogP) is 2.08. The van der Waals surface area contributed by atoms with E-state index in [-0.39, 0.29) is 11.6 Å². The maximum absolute atomic E-state index is 13.6. The fraction of sp³-hybridized carbons (Fsp3) is 0.357. The van der Waals surface area contributed by atoms with Crippen LogP contribution in [-0.2, 0) is 6.54 Å². The van der Waals surface area contributed by atoms with E-state index in [9.17, 15) is 4.39 Å². The fourth-order valence-electron chi connectivity index (χ4n) is 1.50. The average Bonchev–Trinajstić information content (AvgIpc) is 2.42. The van der Waals surface area contributed by atoms with Crippen molar-refractivity contribution >= 4 is 5.96 Å². The van der Waals surface area contributed by atoms with Crippen LogP contribution < -0.4 is 15.4 Å². The van der Waals surface area contributed by atoms with Gasteiger partial charge in [-0.2, -0.15) is 0 Å². The zero-order valence-corrected chi connectivity index (χ0v) is 11.4. The molecule has 1 rings (SSSR count). The Morgan fingerprint density at radius 2 is 2.26 bits per heavy atom. The van der Waals surface area contributed by atoms with Crippen molar-refractivity contribution in [1.29, 1.82) is 0 Å². The molecule has 0 saturated heterocycles. The number of rotatable bonds is 6. The van der Waals surface area contributed by atoms with Gasteiger partial charge in [-0.25, -0.2) is 4.39 Å². The van der Waals surface area contributed by atoms with Gasteiger partial charge in [-0.1, -0.05) is 12.1 Å². The summed E-state index contributed by atoms with van der Waals surface area (Å²) in [5, 5.41) is 6.12. The molecule has 0 atom stereocenters. The van der Waals surface area contributed by atoms with Crippen molar-refractivity contribution < 1.29 is 9.13 Å². The van der Waals surface area contributed by atoms with Crippen LogP contribution in [0.1, 0.15) is 12.5 Å². The van der Waals surface area contributed by atoms with Gasteiger partial charge in [0, 0.05) is 20.1 Å². The Balaban J connectivity index is 2.57. The molecule has 0 aliphatic carbocycles. The second-order valence-corrected chi connectivity index (χ2v) is 3.79. The molecule has 5 heteroatoms. The van der Waals surface area contributed by atoms with Gasteiger partial charge in [0.1, 0.15) is 0 Å². The van der Waals surface area contributed by atoms with Crippen LogP contribution in [0.4, 0.5) is 4.39 Å². The molecular formula is C14H20FN3O. The summed E-state index contributed by atoms with van der Waals surface area (Å²) in [5.41, 5.74) is 0.822. The number of ether oxygens (including phenoxy) is 1. The van der Waals surface area contributed by atoms with Crippen molar-refractivity contribution in [3.8, 4) is 5.75 Å². The third-order valence-electron chi connectivity index (χ3n) is 2.39. The van der Waals surface area contributed by atoms with Crippen molar-refractivity contribution in [1.82, 2.24) is 10.6 Å². The van der Waals surface area contributed by atoms with Crippen molar-refractivity contribution in [2.75, 3.05) is 20.2 Å². The highest BCUT2D eigenvalue weighted by molar-refractivity contribution is 5.79. The topological polar surface area (TPSA) is 45.7 Å². The highest BCUT2D eigenvalue weighted by Crippen LogP contribution is 2.18. The van der Waals surface area contributed by atoms with E-state index in [0.29, 0.717) is 25.7 Å². The Hall–Kier alpha value is -2.04. The number of halogens is 1. The van der Waals surface area contributed by atoms with Crippen LogP contribution in [0.15, 0.2) is 35.8 Å². The summed E-state index contributed by atoms with van der Waals surface area (Å²) in [4.78, 5) is 4.04. The van der Waals surface area contributed by atoms with Gasteiger partial charge in [0.2, 0.25) is 0 Å². The van der Waals surface area contributed by atoms with E-state index in [1.807, 2.05) is 13.0 Å². The molecule has 104 valence electrons. The van der Waals surface area contributed by atoms with Crippen LogP contribution in [-0.4, -0.2) is 26.2 Å². The summed E-state index contributed by atoms with van der Waals surface area (Å²) in [7, 11) is 1.68. The quantitative estimate of drug-likeness (QED) is 0.470. The first kappa shape index (κ1) is 15.0. The fourth-order valence-corrected chi connectivity index (χ4v) is 1.50. The second kappa shape index (κ2) is 8.13. The van der Waals surface area contributed by atoms with Gasteiger partial charge in [0.15, 0.2) is 17.5 Å². The molecule has 1 aromatic rings. The molecule has 4 nitrogen and oxygen atoms in total. The predicted molar refractivity (Wildman–Crippen MR) is 76.0 cm³/mol. The zero-order valence-electron chi connectivity index (χ0n) is 11.4. The van der Waals surface area contributed by atoms with Crippen LogP contribution in [0.3, 0.4) is 0 Å². The molecule has 0 fully saturated rings. The first-order valence-electron chi connectivity index (χ1n) is 6.17. The third kappa shape index (κ3) is 4.99. The molecule has 0 aromatic heterocycles. The van der Waals surface area contributed by atoms with Crippen LogP contribution in [0, 0.1) is 5.82 Å². The molecule has 0 bridgehead atoms. The lowest BCUT2D eigenvalue weighted by Gasteiger charge is -2.11. The Labute approximate surface area is 113 Å². The number of hydrogen-bond donors (Lipinski definition) is 2. The molecule has 2 N–H and O–H groups in total. The maximum atomic E-state index is 13.6. The molecular weight excluding hydrogens is 245 g/mol. The molecule has 0 spiro atoms. The molecule has 0 unspecified atom stereocenters. The number of benzene rings is 1. The smallest absolute Gasteiger partial charge is 0.191 e. The standard InChI is InChI=1S/C14H20FN3O/c1-4-8-17-14(16-3)18-10-11-6-7-13(19-5-2)12(15)9-11/h4,6-7,9H,1,5,8,10H2,2-3H3,(H2,16,17,18). The van der Waals surface area contributed by atoms with Gasteiger partial charge in [-0.15, -0.1) is 6.58 Å². The third-order valence-corrected chi connectivity index (χ3v) is 2.39. The molecule has 1 aromatic carbocycles. The minimum Gasteiger partial charge on any atom is -0.491 e. The summed E-state index contributed by atoms with van der Waals surface area (Å²) in [6.07, 6.45) is 1.74. The lowest BCUT2D eigenvalue weighted by atomic mass is 10.2. The second-order valence-electron chi connectivity index (χ2n) is 3.79. The summed E-state index contributed by atoms with van der Waals surface area (Å²) in [5.74, 6) is 0.574. The monoisotopic (exact) mass is 265 g/mol. The summed E-state index contributed by atoms with van der Waals surface area (Å²) in [6.45, 7) is 7.00. The summed E-state index contributed by atoms with van der Waals surface area (Å²) in [6, 6.07) is 4.91. The van der Waals surface area contributed by atoms with Gasteiger partial charge in [-0.3, -0.25) is 4.99 Å². The van der Waals surface area contributed by atoms with Crippen molar-refractivity contribution in [3.63, 3.8) is 0 Å². The highest BCUT2D eigenvalue weighted by atomic mass is 19.1. The lowest BCUT2D eigenvalue weighted by molar-refractivity contribution is 0.321. The number of nitrogens with zero attached hydrogens (tertiary/aromatic N) is 1. The SMILES string of the molecule is C=CCNC(=NC)NCc1ccc(OCC)c(F)c1. The molecule has 0 saturated carbocycles. The summed E-state index contributed by atoms with van der Waals surface area (Å²) < 4.78 is 18.8. The van der Waals surface area contributed by atoms with Crippen molar-refractivity contribution in [2.24, 2.45) is 4.99 Å². The van der Waals surface area contributed by atoms with Crippen LogP contribution in [0.2, 0.25) is 0 Å². The van der Waals surface area contributed by atoms with E-state index < -0.39 is 0 Å². The molecule has 0 aliphatic rings. The molecule has 0 amide bonds. The first-order valence-corrected chi connectivity index (χ1v) is 6.17. The van der Waals surface area contributed by atoms with Gasteiger partial charge >= 0.3 is 0 Å². The first-order chi connectivity index (χ1) is 9.21. The van der Waals surface area contributed by atoms with E-state index >= 15 is 0 Å². The van der Waals surface area contributed by atoms with Crippen LogP contribution >= 0.6 is 0 Å². The average molecular weight is 265 g/mol. The van der Waals surface area contributed by atoms with E-state index in [1.165, 1.54) is 6.07 Å². The maximum Gasteiger partial charge on any atom is 0.191 e. The molecule has 0 radical (unpaired) electrons. The van der Waals surface area contributed by atoms with Gasteiger partial charge in [0.05, 0.1) is 6.61 Å². The van der Waals surface area contributed by atoms with E-state index in [4.69, 9.17) is 4.74 Å². The normalized spacial score (nSPS) is 11.0. The Morgan fingerprint density at radius 3 is 2.84 bits per heavy atom.